The molecule has 0 atom stereocenters. The number of allylic oxidation sites excluding steroid dienone is 1. The average Bonchev–Trinajstić information content (AvgIpc) is 2.94. The minimum atomic E-state index is -0.175. The summed E-state index contributed by atoms with van der Waals surface area (Å²) in [5.41, 5.74) is 2.39. The Morgan fingerprint density at radius 1 is 0.952 bits per heavy atom. The van der Waals surface area contributed by atoms with E-state index >= 15 is 0 Å². The third kappa shape index (κ3) is 2.70. The van der Waals surface area contributed by atoms with Gasteiger partial charge >= 0.3 is 0 Å². The fourth-order valence-electron chi connectivity index (χ4n) is 3.04. The monoisotopic (exact) mass is 345 g/mol. The molecule has 2 nitrogen and oxygen atoms in total. The van der Waals surface area contributed by atoms with Gasteiger partial charge < -0.3 is 10.1 Å². The molecule has 0 aromatic heterocycles. The minimum Gasteiger partial charge on any atom is -0.495 e. The summed E-state index contributed by atoms with van der Waals surface area (Å²) in [5, 5.41) is 3.12. The largest absolute Gasteiger partial charge is 0.495 e. The van der Waals surface area contributed by atoms with Crippen molar-refractivity contribution >= 4 is 17.0 Å². The van der Waals surface area contributed by atoms with E-state index < -0.39 is 0 Å². The van der Waals surface area contributed by atoms with E-state index in [1.165, 1.54) is 11.1 Å². The lowest BCUT2D eigenvalue weighted by molar-refractivity contribution is 0.256. The van der Waals surface area contributed by atoms with Crippen LogP contribution in [0.1, 0.15) is 17.5 Å². The first-order chi connectivity index (χ1) is 9.88. The summed E-state index contributed by atoms with van der Waals surface area (Å²) in [6, 6.07) is 21.2. The summed E-state index contributed by atoms with van der Waals surface area (Å²) in [6.45, 7) is 0.747. The number of benzene rings is 2. The molecule has 1 aliphatic rings. The van der Waals surface area contributed by atoms with E-state index in [9.17, 15) is 0 Å². The molecule has 21 heavy (non-hydrogen) atoms. The topological polar surface area (TPSA) is 21.3 Å². The maximum absolute atomic E-state index is 5.92. The maximum atomic E-state index is 5.92. The second-order valence-corrected chi connectivity index (χ2v) is 5.03. The SMILES string of the molecule is Br.CNC=C1OCCC1(c1ccccc1)c1ccccc1. The zero-order valence-electron chi connectivity index (χ0n) is 12.1. The Hall–Kier alpha value is -1.74. The summed E-state index contributed by atoms with van der Waals surface area (Å²) >= 11 is 0. The highest BCUT2D eigenvalue weighted by Crippen LogP contribution is 2.46. The number of ether oxygens (including phenoxy) is 1. The molecule has 110 valence electrons. The van der Waals surface area contributed by atoms with Crippen LogP contribution in [0.15, 0.2) is 72.6 Å². The van der Waals surface area contributed by atoms with Crippen LogP contribution in [0.2, 0.25) is 0 Å². The molecule has 0 bridgehead atoms. The van der Waals surface area contributed by atoms with Crippen molar-refractivity contribution in [1.82, 2.24) is 5.32 Å². The number of rotatable bonds is 3. The molecule has 1 saturated heterocycles. The molecule has 0 amide bonds. The predicted molar refractivity (Wildman–Crippen MR) is 91.7 cm³/mol. The van der Waals surface area contributed by atoms with Crippen LogP contribution in [0.5, 0.6) is 0 Å². The van der Waals surface area contributed by atoms with Gasteiger partial charge in [0.05, 0.1) is 12.0 Å². The van der Waals surface area contributed by atoms with E-state index in [1.54, 1.807) is 0 Å². The zero-order valence-corrected chi connectivity index (χ0v) is 13.8. The van der Waals surface area contributed by atoms with Crippen LogP contribution in [0.25, 0.3) is 0 Å². The zero-order chi connectivity index (χ0) is 13.8. The van der Waals surface area contributed by atoms with Gasteiger partial charge in [0.15, 0.2) is 0 Å². The molecule has 1 N–H and O–H groups in total. The van der Waals surface area contributed by atoms with E-state index in [4.69, 9.17) is 4.74 Å². The lowest BCUT2D eigenvalue weighted by atomic mass is 9.72. The third-order valence-corrected chi connectivity index (χ3v) is 3.96. The minimum absolute atomic E-state index is 0. The Labute approximate surface area is 136 Å². The first kappa shape index (κ1) is 15.6. The van der Waals surface area contributed by atoms with E-state index in [0.717, 1.165) is 18.8 Å². The lowest BCUT2D eigenvalue weighted by Crippen LogP contribution is -2.27. The van der Waals surface area contributed by atoms with Crippen molar-refractivity contribution < 1.29 is 4.74 Å². The van der Waals surface area contributed by atoms with E-state index in [1.807, 2.05) is 13.2 Å². The van der Waals surface area contributed by atoms with Gasteiger partial charge in [0.25, 0.3) is 0 Å². The smallest absolute Gasteiger partial charge is 0.127 e. The van der Waals surface area contributed by atoms with Crippen molar-refractivity contribution in [3.63, 3.8) is 0 Å². The van der Waals surface area contributed by atoms with Crippen LogP contribution >= 0.6 is 17.0 Å². The summed E-state index contributed by atoms with van der Waals surface area (Å²) in [5.74, 6) is 0.998. The van der Waals surface area contributed by atoms with Crippen molar-refractivity contribution in [2.75, 3.05) is 13.7 Å². The van der Waals surface area contributed by atoms with Crippen molar-refractivity contribution in [1.29, 1.82) is 0 Å². The van der Waals surface area contributed by atoms with Crippen molar-refractivity contribution in [3.05, 3.63) is 83.7 Å². The average molecular weight is 346 g/mol. The fourth-order valence-corrected chi connectivity index (χ4v) is 3.04. The Kier molecular flexibility index (Phi) is 5.07. The van der Waals surface area contributed by atoms with Gasteiger partial charge in [0.2, 0.25) is 0 Å². The molecule has 0 radical (unpaired) electrons. The molecule has 0 aliphatic carbocycles. The lowest BCUT2D eigenvalue weighted by Gasteiger charge is -2.30. The third-order valence-electron chi connectivity index (χ3n) is 3.96. The normalized spacial score (nSPS) is 17.9. The first-order valence-corrected chi connectivity index (χ1v) is 7.00. The van der Waals surface area contributed by atoms with Gasteiger partial charge in [-0.2, -0.15) is 0 Å². The van der Waals surface area contributed by atoms with Crippen molar-refractivity contribution in [3.8, 4) is 0 Å². The molecule has 3 rings (SSSR count). The Bertz CT molecular complexity index is 556. The number of hydrogen-bond acceptors (Lipinski definition) is 2. The Morgan fingerprint density at radius 2 is 1.48 bits per heavy atom. The second kappa shape index (κ2) is 6.81. The quantitative estimate of drug-likeness (QED) is 0.906. The van der Waals surface area contributed by atoms with E-state index in [2.05, 4.69) is 66.0 Å². The predicted octanol–water partition coefficient (Wildman–Crippen LogP) is 4.03. The molecule has 1 fully saturated rings. The number of nitrogens with one attached hydrogen (secondary N) is 1. The van der Waals surface area contributed by atoms with Crippen molar-refractivity contribution in [2.45, 2.75) is 11.8 Å². The Balaban J connectivity index is 0.00000161. The summed E-state index contributed by atoms with van der Waals surface area (Å²) in [6.07, 6.45) is 2.95. The van der Waals surface area contributed by atoms with Gasteiger partial charge in [-0.1, -0.05) is 60.7 Å². The maximum Gasteiger partial charge on any atom is 0.127 e. The number of hydrogen-bond donors (Lipinski definition) is 1. The highest BCUT2D eigenvalue weighted by Gasteiger charge is 2.43. The van der Waals surface area contributed by atoms with Gasteiger partial charge in [-0.25, -0.2) is 0 Å². The summed E-state index contributed by atoms with van der Waals surface area (Å²) in [7, 11) is 1.91. The molecule has 2 aromatic rings. The molecule has 3 heteroatoms. The van der Waals surface area contributed by atoms with Crippen LogP contribution in [0.3, 0.4) is 0 Å². The molecule has 1 aliphatic heterocycles. The molecular weight excluding hydrogens is 326 g/mol. The van der Waals surface area contributed by atoms with E-state index in [-0.39, 0.29) is 22.4 Å². The molecule has 2 aromatic carbocycles. The molecule has 0 saturated carbocycles. The van der Waals surface area contributed by atoms with Gasteiger partial charge in [-0.15, -0.1) is 17.0 Å². The standard InChI is InChI=1S/C18H19NO.BrH/c1-19-14-17-18(12-13-20-17,15-8-4-2-5-9-15)16-10-6-3-7-11-16;/h2-11,14,19H,12-13H2,1H3;1H. The summed E-state index contributed by atoms with van der Waals surface area (Å²) in [4.78, 5) is 0. The van der Waals surface area contributed by atoms with Crippen LogP contribution in [-0.4, -0.2) is 13.7 Å². The van der Waals surface area contributed by atoms with Crippen LogP contribution in [0.4, 0.5) is 0 Å². The second-order valence-electron chi connectivity index (χ2n) is 5.03. The van der Waals surface area contributed by atoms with Gasteiger partial charge in [0, 0.05) is 19.7 Å². The number of halogens is 1. The molecule has 0 spiro atoms. The van der Waals surface area contributed by atoms with E-state index in [0.29, 0.717) is 0 Å². The molecular formula is C18H20BrNO. The Morgan fingerprint density at radius 3 is 1.95 bits per heavy atom. The van der Waals surface area contributed by atoms with Gasteiger partial charge in [-0.05, 0) is 11.1 Å². The van der Waals surface area contributed by atoms with Gasteiger partial charge in [0.1, 0.15) is 5.76 Å². The highest BCUT2D eigenvalue weighted by molar-refractivity contribution is 8.93. The summed E-state index contributed by atoms with van der Waals surface area (Å²) < 4.78 is 5.92. The van der Waals surface area contributed by atoms with Crippen LogP contribution in [0, 0.1) is 0 Å². The van der Waals surface area contributed by atoms with Crippen LogP contribution < -0.4 is 5.32 Å². The van der Waals surface area contributed by atoms with Crippen LogP contribution in [-0.2, 0) is 10.2 Å². The molecule has 1 heterocycles. The first-order valence-electron chi connectivity index (χ1n) is 7.00. The van der Waals surface area contributed by atoms with Crippen molar-refractivity contribution in [2.24, 2.45) is 0 Å². The fraction of sp³-hybridized carbons (Fsp3) is 0.222. The van der Waals surface area contributed by atoms with Gasteiger partial charge in [-0.3, -0.25) is 0 Å². The highest BCUT2D eigenvalue weighted by atomic mass is 79.9. The molecule has 0 unspecified atom stereocenters.